The van der Waals surface area contributed by atoms with E-state index in [2.05, 4.69) is 38.8 Å². The van der Waals surface area contributed by atoms with Crippen LogP contribution in [0.15, 0.2) is 22.7 Å². The molecule has 0 N–H and O–H groups in total. The van der Waals surface area contributed by atoms with Crippen LogP contribution in [0.1, 0.15) is 19.8 Å². The number of benzene rings is 1. The Labute approximate surface area is 123 Å². The third kappa shape index (κ3) is 4.94. The minimum Gasteiger partial charge on any atom is -0.487 e. The smallest absolute Gasteiger partial charge is 0.312 e. The summed E-state index contributed by atoms with van der Waals surface area (Å²) in [5, 5.41) is 11.8. The lowest BCUT2D eigenvalue weighted by Crippen LogP contribution is -2.06. The maximum atomic E-state index is 10.9. The lowest BCUT2D eigenvalue weighted by Gasteiger charge is -2.11. The largest absolute Gasteiger partial charge is 0.487 e. The fourth-order valence-electron chi connectivity index (χ4n) is 1.46. The van der Waals surface area contributed by atoms with E-state index in [4.69, 9.17) is 4.74 Å². The number of rotatable bonds is 7. The van der Waals surface area contributed by atoms with Gasteiger partial charge in [-0.15, -0.1) is 0 Å². The Bertz CT molecular complexity index is 412. The highest BCUT2D eigenvalue weighted by molar-refractivity contribution is 9.10. The first-order valence-corrected chi connectivity index (χ1v) is 7.58. The van der Waals surface area contributed by atoms with Crippen molar-refractivity contribution >= 4 is 37.5 Å². The van der Waals surface area contributed by atoms with Crippen molar-refractivity contribution in [1.82, 2.24) is 0 Å². The monoisotopic (exact) mass is 379 g/mol. The summed E-state index contributed by atoms with van der Waals surface area (Å²) in [5.41, 5.74) is -0.00230. The van der Waals surface area contributed by atoms with Crippen molar-refractivity contribution < 1.29 is 9.66 Å². The molecule has 0 aliphatic rings. The molecular weight excluding hydrogens is 366 g/mol. The van der Waals surface area contributed by atoms with Crippen LogP contribution in [0.4, 0.5) is 5.69 Å². The van der Waals surface area contributed by atoms with Crippen LogP contribution >= 0.6 is 31.9 Å². The molecule has 1 aromatic carbocycles. The Morgan fingerprint density at radius 2 is 2.17 bits per heavy atom. The van der Waals surface area contributed by atoms with Gasteiger partial charge in [-0.1, -0.05) is 38.8 Å². The van der Waals surface area contributed by atoms with Gasteiger partial charge in [0.25, 0.3) is 0 Å². The molecule has 1 aromatic rings. The summed E-state index contributed by atoms with van der Waals surface area (Å²) in [6.07, 6.45) is 1.96. The number of hydrogen-bond acceptors (Lipinski definition) is 3. The summed E-state index contributed by atoms with van der Waals surface area (Å²) < 4.78 is 6.17. The van der Waals surface area contributed by atoms with Crippen molar-refractivity contribution in [1.29, 1.82) is 0 Å². The van der Waals surface area contributed by atoms with Gasteiger partial charge in [0.15, 0.2) is 5.75 Å². The molecule has 0 spiro atoms. The molecule has 0 heterocycles. The second-order valence-electron chi connectivity index (χ2n) is 4.09. The van der Waals surface area contributed by atoms with Crippen molar-refractivity contribution in [2.75, 3.05) is 11.9 Å². The van der Waals surface area contributed by atoms with Gasteiger partial charge >= 0.3 is 5.69 Å². The Kier molecular flexibility index (Phi) is 6.63. The molecule has 18 heavy (non-hydrogen) atoms. The van der Waals surface area contributed by atoms with Crippen LogP contribution in [0.2, 0.25) is 0 Å². The summed E-state index contributed by atoms with van der Waals surface area (Å²) >= 11 is 6.60. The van der Waals surface area contributed by atoms with E-state index in [0.29, 0.717) is 22.7 Å². The fourth-order valence-corrected chi connectivity index (χ4v) is 2.59. The molecule has 1 unspecified atom stereocenters. The molecule has 1 rings (SSSR count). The van der Waals surface area contributed by atoms with E-state index in [9.17, 15) is 10.1 Å². The van der Waals surface area contributed by atoms with Crippen molar-refractivity contribution in [3.63, 3.8) is 0 Å². The fraction of sp³-hybridized carbons (Fsp3) is 0.500. The summed E-state index contributed by atoms with van der Waals surface area (Å²) in [6.45, 7) is 2.64. The van der Waals surface area contributed by atoms with Gasteiger partial charge in [-0.3, -0.25) is 10.1 Å². The molecule has 100 valence electrons. The minimum absolute atomic E-state index is 0.00230. The van der Waals surface area contributed by atoms with E-state index in [1.807, 2.05) is 0 Å². The molecule has 0 aliphatic heterocycles. The zero-order valence-electron chi connectivity index (χ0n) is 10.1. The first-order chi connectivity index (χ1) is 8.54. The van der Waals surface area contributed by atoms with Gasteiger partial charge in [-0.05, 0) is 30.9 Å². The van der Waals surface area contributed by atoms with E-state index in [1.165, 1.54) is 6.07 Å². The minimum atomic E-state index is -0.429. The van der Waals surface area contributed by atoms with Gasteiger partial charge < -0.3 is 4.74 Å². The van der Waals surface area contributed by atoms with Crippen molar-refractivity contribution in [2.24, 2.45) is 5.92 Å². The van der Waals surface area contributed by atoms with E-state index in [1.54, 1.807) is 12.1 Å². The Hall–Kier alpha value is -0.620. The number of ether oxygens (including phenoxy) is 1. The molecule has 0 aliphatic carbocycles. The first kappa shape index (κ1) is 15.4. The molecule has 0 saturated heterocycles. The van der Waals surface area contributed by atoms with Gasteiger partial charge in [0.1, 0.15) is 0 Å². The van der Waals surface area contributed by atoms with Crippen LogP contribution in [0.5, 0.6) is 5.75 Å². The number of nitrogens with zero attached hydrogens (tertiary/aromatic N) is 1. The topological polar surface area (TPSA) is 52.4 Å². The van der Waals surface area contributed by atoms with Crippen LogP contribution in [-0.4, -0.2) is 16.9 Å². The Morgan fingerprint density at radius 3 is 2.78 bits per heavy atom. The van der Waals surface area contributed by atoms with Gasteiger partial charge in [-0.2, -0.15) is 0 Å². The third-order valence-electron chi connectivity index (χ3n) is 2.59. The van der Waals surface area contributed by atoms with E-state index in [-0.39, 0.29) is 5.69 Å². The van der Waals surface area contributed by atoms with Gasteiger partial charge in [0, 0.05) is 15.9 Å². The highest BCUT2D eigenvalue weighted by Gasteiger charge is 2.15. The van der Waals surface area contributed by atoms with Crippen molar-refractivity contribution in [2.45, 2.75) is 19.8 Å². The first-order valence-electron chi connectivity index (χ1n) is 5.67. The lowest BCUT2D eigenvalue weighted by atomic mass is 10.1. The van der Waals surface area contributed by atoms with Crippen LogP contribution in [0, 0.1) is 16.0 Å². The summed E-state index contributed by atoms with van der Waals surface area (Å²) in [6, 6.07) is 4.82. The molecule has 0 fully saturated rings. The summed E-state index contributed by atoms with van der Waals surface area (Å²) in [7, 11) is 0. The number of nitro benzene ring substituents is 1. The molecule has 0 aromatic heterocycles. The summed E-state index contributed by atoms with van der Waals surface area (Å²) in [4.78, 5) is 10.4. The standard InChI is InChI=1S/C12H15Br2NO3/c1-9(4-6-13)5-7-18-12-3-2-10(14)8-11(12)15(16)17/h2-3,8-9H,4-7H2,1H3. The second-order valence-corrected chi connectivity index (χ2v) is 5.80. The third-order valence-corrected chi connectivity index (χ3v) is 3.54. The quantitative estimate of drug-likeness (QED) is 0.396. The normalized spacial score (nSPS) is 12.2. The van der Waals surface area contributed by atoms with E-state index >= 15 is 0 Å². The average molecular weight is 381 g/mol. The zero-order valence-corrected chi connectivity index (χ0v) is 13.2. The van der Waals surface area contributed by atoms with Crippen LogP contribution in [0.3, 0.4) is 0 Å². The van der Waals surface area contributed by atoms with Gasteiger partial charge in [0.05, 0.1) is 11.5 Å². The SMILES string of the molecule is CC(CCBr)CCOc1ccc(Br)cc1[N+](=O)[O-]. The molecular formula is C12H15Br2NO3. The van der Waals surface area contributed by atoms with Crippen LogP contribution in [0.25, 0.3) is 0 Å². The number of halogens is 2. The number of alkyl halides is 1. The Morgan fingerprint density at radius 1 is 1.44 bits per heavy atom. The molecule has 6 heteroatoms. The lowest BCUT2D eigenvalue weighted by molar-refractivity contribution is -0.385. The highest BCUT2D eigenvalue weighted by atomic mass is 79.9. The van der Waals surface area contributed by atoms with E-state index < -0.39 is 4.92 Å². The van der Waals surface area contributed by atoms with E-state index in [0.717, 1.165) is 18.2 Å². The van der Waals surface area contributed by atoms with Crippen LogP contribution in [-0.2, 0) is 0 Å². The second kappa shape index (κ2) is 7.74. The molecule has 0 saturated carbocycles. The maximum absolute atomic E-state index is 10.9. The van der Waals surface area contributed by atoms with Gasteiger partial charge in [-0.25, -0.2) is 0 Å². The van der Waals surface area contributed by atoms with Crippen molar-refractivity contribution in [3.05, 3.63) is 32.8 Å². The number of nitro groups is 1. The highest BCUT2D eigenvalue weighted by Crippen LogP contribution is 2.30. The maximum Gasteiger partial charge on any atom is 0.312 e. The zero-order chi connectivity index (χ0) is 13.5. The number of hydrogen-bond donors (Lipinski definition) is 0. The molecule has 4 nitrogen and oxygen atoms in total. The summed E-state index contributed by atoms with van der Waals surface area (Å²) in [5.74, 6) is 0.869. The predicted molar refractivity (Wildman–Crippen MR) is 78.5 cm³/mol. The predicted octanol–water partition coefficient (Wildman–Crippen LogP) is 4.55. The molecule has 0 amide bonds. The average Bonchev–Trinajstić information content (AvgIpc) is 2.31. The molecule has 0 radical (unpaired) electrons. The molecule has 0 bridgehead atoms. The van der Waals surface area contributed by atoms with Crippen molar-refractivity contribution in [3.8, 4) is 5.75 Å². The van der Waals surface area contributed by atoms with Crippen LogP contribution < -0.4 is 4.74 Å². The Balaban J connectivity index is 2.59. The van der Waals surface area contributed by atoms with Gasteiger partial charge in [0.2, 0.25) is 0 Å². The molecule has 1 atom stereocenters.